The molecule has 2 aromatic rings. The monoisotopic (exact) mass is 400 g/mol. The summed E-state index contributed by atoms with van der Waals surface area (Å²) in [6.45, 7) is -0.141. The Morgan fingerprint density at radius 3 is 2.18 bits per heavy atom. The Hall–Kier alpha value is -0.880. The summed E-state index contributed by atoms with van der Waals surface area (Å²) in [6, 6.07) is 13.7. The molecule has 6 heteroatoms. The van der Waals surface area contributed by atoms with Crippen LogP contribution in [0.2, 0.25) is 5.02 Å². The zero-order valence-corrected chi connectivity index (χ0v) is 14.6. The van der Waals surface area contributed by atoms with Crippen molar-refractivity contribution in [2.75, 3.05) is 6.61 Å². The van der Waals surface area contributed by atoms with Crippen molar-refractivity contribution in [1.29, 1.82) is 0 Å². The molecule has 0 unspecified atom stereocenters. The van der Waals surface area contributed by atoms with E-state index in [1.807, 2.05) is 24.3 Å². The normalized spacial score (nSPS) is 24.2. The topological polar surface area (TPSA) is 54.4 Å². The molecule has 0 bridgehead atoms. The van der Waals surface area contributed by atoms with Crippen LogP contribution in [0, 0.1) is 5.92 Å². The number of aliphatic hydroxyl groups is 1. The zero-order valence-electron chi connectivity index (χ0n) is 11.5. The molecule has 3 rings (SSSR count). The van der Waals surface area contributed by atoms with Crippen molar-refractivity contribution in [3.8, 4) is 0 Å². The predicted octanol–water partition coefficient (Wildman–Crippen LogP) is 3.65. The molecule has 0 radical (unpaired) electrons. The van der Waals surface area contributed by atoms with Crippen molar-refractivity contribution < 1.29 is 13.5 Å². The van der Waals surface area contributed by atoms with Crippen molar-refractivity contribution in [2.24, 2.45) is 5.92 Å². The van der Waals surface area contributed by atoms with Crippen LogP contribution in [0.4, 0.5) is 0 Å². The van der Waals surface area contributed by atoms with E-state index in [0.29, 0.717) is 5.02 Å². The van der Waals surface area contributed by atoms with Gasteiger partial charge >= 0.3 is 0 Å². The molecule has 0 aromatic heterocycles. The minimum absolute atomic E-state index is 0.141. The first-order valence-corrected chi connectivity index (χ1v) is 9.52. The molecule has 0 amide bonds. The standard InChI is InChI=1S/C16H14BrClO3S/c17-11-3-1-10(2-4-11)15-14(9-19)16(15)22(20,21)13-7-5-12(18)6-8-13/h1-8,14-16,19H,9H2/t14-,15+,16-/m1/s1. The van der Waals surface area contributed by atoms with Gasteiger partial charge in [0.25, 0.3) is 0 Å². The molecule has 1 N–H and O–H groups in total. The second-order valence-corrected chi connectivity index (χ2v) is 8.85. The van der Waals surface area contributed by atoms with Gasteiger partial charge in [-0.25, -0.2) is 8.42 Å². The minimum Gasteiger partial charge on any atom is -0.396 e. The molecule has 2 aromatic carbocycles. The molecule has 1 aliphatic carbocycles. The molecule has 0 heterocycles. The van der Waals surface area contributed by atoms with Gasteiger partial charge in [-0.2, -0.15) is 0 Å². The molecule has 3 atom stereocenters. The average Bonchev–Trinajstić information content (AvgIpc) is 3.24. The maximum atomic E-state index is 12.8. The van der Waals surface area contributed by atoms with Crippen molar-refractivity contribution in [1.82, 2.24) is 0 Å². The van der Waals surface area contributed by atoms with E-state index in [1.54, 1.807) is 12.1 Å². The number of halogens is 2. The van der Waals surface area contributed by atoms with Crippen LogP contribution < -0.4 is 0 Å². The van der Waals surface area contributed by atoms with Gasteiger partial charge in [-0.05, 0) is 42.0 Å². The molecular weight excluding hydrogens is 388 g/mol. The van der Waals surface area contributed by atoms with Crippen LogP contribution in [0.15, 0.2) is 57.9 Å². The Balaban J connectivity index is 1.93. The third-order valence-electron chi connectivity index (χ3n) is 4.06. The van der Waals surface area contributed by atoms with Crippen LogP contribution in [0.25, 0.3) is 0 Å². The van der Waals surface area contributed by atoms with Crippen molar-refractivity contribution in [3.05, 3.63) is 63.6 Å². The second-order valence-electron chi connectivity index (χ2n) is 5.39. The van der Waals surface area contributed by atoms with E-state index >= 15 is 0 Å². The molecule has 0 saturated heterocycles. The van der Waals surface area contributed by atoms with Crippen LogP contribution in [-0.4, -0.2) is 25.4 Å². The number of rotatable bonds is 4. The molecule has 0 spiro atoms. The van der Waals surface area contributed by atoms with E-state index in [-0.39, 0.29) is 23.3 Å². The summed E-state index contributed by atoms with van der Waals surface area (Å²) in [4.78, 5) is 0.250. The fraction of sp³-hybridized carbons (Fsp3) is 0.250. The summed E-state index contributed by atoms with van der Waals surface area (Å²) >= 11 is 9.18. The van der Waals surface area contributed by atoms with Crippen LogP contribution in [0.5, 0.6) is 0 Å². The smallest absolute Gasteiger partial charge is 0.182 e. The largest absolute Gasteiger partial charge is 0.396 e. The van der Waals surface area contributed by atoms with E-state index in [2.05, 4.69) is 15.9 Å². The molecule has 1 aliphatic rings. The van der Waals surface area contributed by atoms with Crippen molar-refractivity contribution in [2.45, 2.75) is 16.1 Å². The first-order chi connectivity index (χ1) is 10.4. The zero-order chi connectivity index (χ0) is 15.9. The van der Waals surface area contributed by atoms with Crippen molar-refractivity contribution >= 4 is 37.4 Å². The summed E-state index contributed by atoms with van der Waals surface area (Å²) in [5, 5.41) is 9.44. The van der Waals surface area contributed by atoms with Crippen LogP contribution in [0.1, 0.15) is 11.5 Å². The molecule has 116 valence electrons. The lowest BCUT2D eigenvalue weighted by Crippen LogP contribution is -2.11. The van der Waals surface area contributed by atoms with Crippen molar-refractivity contribution in [3.63, 3.8) is 0 Å². The maximum absolute atomic E-state index is 12.8. The number of hydrogen-bond donors (Lipinski definition) is 1. The lowest BCUT2D eigenvalue weighted by atomic mass is 10.1. The van der Waals surface area contributed by atoms with Gasteiger partial charge in [0.05, 0.1) is 10.1 Å². The summed E-state index contributed by atoms with van der Waals surface area (Å²) in [6.07, 6.45) is 0. The highest BCUT2D eigenvalue weighted by atomic mass is 79.9. The first-order valence-electron chi connectivity index (χ1n) is 6.81. The van der Waals surface area contributed by atoms with Gasteiger partial charge in [0.15, 0.2) is 9.84 Å². The molecule has 1 fully saturated rings. The molecular formula is C16H14BrClO3S. The minimum atomic E-state index is -3.48. The quantitative estimate of drug-likeness (QED) is 0.851. The van der Waals surface area contributed by atoms with E-state index in [0.717, 1.165) is 10.0 Å². The van der Waals surface area contributed by atoms with Crippen LogP contribution in [-0.2, 0) is 9.84 Å². The number of hydrogen-bond acceptors (Lipinski definition) is 3. The second kappa shape index (κ2) is 5.96. The van der Waals surface area contributed by atoms with Gasteiger partial charge in [-0.15, -0.1) is 0 Å². The Labute approximate surface area is 143 Å². The maximum Gasteiger partial charge on any atom is 0.182 e. The molecule has 1 saturated carbocycles. The lowest BCUT2D eigenvalue weighted by Gasteiger charge is -2.04. The van der Waals surface area contributed by atoms with Gasteiger partial charge in [0, 0.05) is 27.9 Å². The van der Waals surface area contributed by atoms with Gasteiger partial charge in [0.2, 0.25) is 0 Å². The summed E-state index contributed by atoms with van der Waals surface area (Å²) in [5.74, 6) is -0.430. The third-order valence-corrected chi connectivity index (χ3v) is 7.13. The SMILES string of the molecule is O=S(=O)(c1ccc(Cl)cc1)[C@@H]1[C@H](CO)[C@@H]1c1ccc(Br)cc1. The van der Waals surface area contributed by atoms with E-state index in [4.69, 9.17) is 11.6 Å². The lowest BCUT2D eigenvalue weighted by molar-refractivity contribution is 0.274. The highest BCUT2D eigenvalue weighted by Gasteiger charge is 2.58. The van der Waals surface area contributed by atoms with E-state index < -0.39 is 15.1 Å². The Morgan fingerprint density at radius 1 is 1.05 bits per heavy atom. The Morgan fingerprint density at radius 2 is 1.64 bits per heavy atom. The van der Waals surface area contributed by atoms with Gasteiger partial charge in [-0.3, -0.25) is 0 Å². The number of benzene rings is 2. The highest BCUT2D eigenvalue weighted by molar-refractivity contribution is 9.10. The highest BCUT2D eigenvalue weighted by Crippen LogP contribution is 2.53. The van der Waals surface area contributed by atoms with Crippen LogP contribution >= 0.6 is 27.5 Å². The first kappa shape index (κ1) is 16.0. The average molecular weight is 402 g/mol. The summed E-state index contributed by atoms with van der Waals surface area (Å²) < 4.78 is 26.5. The molecule has 0 aliphatic heterocycles. The number of aliphatic hydroxyl groups excluding tert-OH is 1. The number of sulfone groups is 1. The van der Waals surface area contributed by atoms with Gasteiger partial charge in [0.1, 0.15) is 0 Å². The van der Waals surface area contributed by atoms with E-state index in [9.17, 15) is 13.5 Å². The Bertz CT molecular complexity index is 772. The molecule has 3 nitrogen and oxygen atoms in total. The summed E-state index contributed by atoms with van der Waals surface area (Å²) in [5.41, 5.74) is 0.935. The predicted molar refractivity (Wildman–Crippen MR) is 89.9 cm³/mol. The van der Waals surface area contributed by atoms with E-state index in [1.165, 1.54) is 12.1 Å². The fourth-order valence-electron chi connectivity index (χ4n) is 2.89. The van der Waals surface area contributed by atoms with Gasteiger partial charge in [-0.1, -0.05) is 39.7 Å². The van der Waals surface area contributed by atoms with Crippen LogP contribution in [0.3, 0.4) is 0 Å². The fourth-order valence-corrected chi connectivity index (χ4v) is 5.48. The molecule has 22 heavy (non-hydrogen) atoms. The van der Waals surface area contributed by atoms with Gasteiger partial charge < -0.3 is 5.11 Å². The Kier molecular flexibility index (Phi) is 4.34. The third kappa shape index (κ3) is 2.83. The summed E-state index contributed by atoms with van der Waals surface area (Å²) in [7, 11) is -3.48.